The van der Waals surface area contributed by atoms with E-state index in [1.54, 1.807) is 18.2 Å². The number of hydrogen-bond donors (Lipinski definition) is 2. The first-order valence-corrected chi connectivity index (χ1v) is 6.27. The van der Waals surface area contributed by atoms with Crippen LogP contribution < -0.4 is 16.0 Å². The summed E-state index contributed by atoms with van der Waals surface area (Å²) in [6, 6.07) is 5.12. The van der Waals surface area contributed by atoms with Crippen LogP contribution >= 0.6 is 15.9 Å². The quantitative estimate of drug-likeness (QED) is 0.499. The minimum atomic E-state index is -0.320. The van der Waals surface area contributed by atoms with Crippen molar-refractivity contribution in [3.63, 3.8) is 0 Å². The van der Waals surface area contributed by atoms with E-state index in [-0.39, 0.29) is 5.91 Å². The number of carbonyl (C=O) groups excluding carboxylic acids is 1. The first-order chi connectivity index (χ1) is 8.04. The van der Waals surface area contributed by atoms with Gasteiger partial charge in [0, 0.05) is 5.56 Å². The summed E-state index contributed by atoms with van der Waals surface area (Å²) >= 11 is 3.37. The van der Waals surface area contributed by atoms with Crippen molar-refractivity contribution in [3.05, 3.63) is 28.2 Å². The number of carbonyl (C=O) groups is 1. The summed E-state index contributed by atoms with van der Waals surface area (Å²) in [6.07, 6.45) is 0.997. The molecule has 0 atom stereocenters. The van der Waals surface area contributed by atoms with E-state index >= 15 is 0 Å². The Morgan fingerprint density at radius 1 is 1.53 bits per heavy atom. The number of nitrogens with two attached hydrogens (primary N) is 1. The predicted octanol–water partition coefficient (Wildman–Crippen LogP) is 2.48. The van der Waals surface area contributed by atoms with E-state index in [1.807, 2.05) is 0 Å². The van der Waals surface area contributed by atoms with Crippen molar-refractivity contribution < 1.29 is 9.53 Å². The van der Waals surface area contributed by atoms with Crippen molar-refractivity contribution in [3.8, 4) is 5.75 Å². The molecule has 0 radical (unpaired) electrons. The van der Waals surface area contributed by atoms with Crippen LogP contribution in [0.1, 0.15) is 30.6 Å². The van der Waals surface area contributed by atoms with Crippen LogP contribution in [-0.2, 0) is 0 Å². The summed E-state index contributed by atoms with van der Waals surface area (Å²) in [5, 5.41) is 0. The third kappa shape index (κ3) is 4.36. The Morgan fingerprint density at radius 3 is 2.76 bits per heavy atom. The van der Waals surface area contributed by atoms with Crippen LogP contribution in [0.15, 0.2) is 22.7 Å². The molecule has 1 aromatic rings. The highest BCUT2D eigenvalue weighted by Gasteiger charge is 2.08. The lowest BCUT2D eigenvalue weighted by Gasteiger charge is -2.10. The van der Waals surface area contributed by atoms with Gasteiger partial charge >= 0.3 is 0 Å². The highest BCUT2D eigenvalue weighted by atomic mass is 79.9. The third-order valence-electron chi connectivity index (χ3n) is 2.28. The van der Waals surface area contributed by atoms with Crippen LogP contribution in [0.2, 0.25) is 0 Å². The van der Waals surface area contributed by atoms with Gasteiger partial charge in [-0.1, -0.05) is 13.8 Å². The second-order valence-electron chi connectivity index (χ2n) is 4.15. The molecule has 0 aliphatic rings. The highest BCUT2D eigenvalue weighted by molar-refractivity contribution is 9.10. The van der Waals surface area contributed by atoms with Gasteiger partial charge in [0.15, 0.2) is 0 Å². The number of nitrogens with one attached hydrogen (secondary N) is 1. The van der Waals surface area contributed by atoms with E-state index in [0.29, 0.717) is 18.1 Å². The maximum atomic E-state index is 11.3. The molecule has 0 aliphatic carbocycles. The van der Waals surface area contributed by atoms with Gasteiger partial charge in [0.05, 0.1) is 11.1 Å². The second-order valence-corrected chi connectivity index (χ2v) is 5.00. The summed E-state index contributed by atoms with van der Waals surface area (Å²) in [5.74, 6) is 6.08. The molecule has 1 aromatic carbocycles. The van der Waals surface area contributed by atoms with Crippen LogP contribution in [0.25, 0.3) is 0 Å². The van der Waals surface area contributed by atoms with Gasteiger partial charge in [-0.15, -0.1) is 0 Å². The molecule has 0 aromatic heterocycles. The van der Waals surface area contributed by atoms with Crippen molar-refractivity contribution >= 4 is 21.8 Å². The number of nitrogen functional groups attached to an aromatic ring is 1. The average molecular weight is 301 g/mol. The van der Waals surface area contributed by atoms with E-state index in [4.69, 9.17) is 10.6 Å². The van der Waals surface area contributed by atoms with E-state index in [0.717, 1.165) is 16.6 Å². The number of rotatable bonds is 5. The van der Waals surface area contributed by atoms with Gasteiger partial charge in [0.25, 0.3) is 5.91 Å². The molecule has 94 valence electrons. The second kappa shape index (κ2) is 6.61. The minimum absolute atomic E-state index is 0.320. The molecule has 0 unspecified atom stereocenters. The Bertz CT molecular complexity index is 394. The molecule has 1 amide bonds. The van der Waals surface area contributed by atoms with Gasteiger partial charge in [-0.25, -0.2) is 5.84 Å². The molecule has 5 heteroatoms. The van der Waals surface area contributed by atoms with Gasteiger partial charge in [0.1, 0.15) is 5.75 Å². The Balaban J connectivity index is 2.66. The van der Waals surface area contributed by atoms with E-state index in [1.165, 1.54) is 0 Å². The molecule has 0 bridgehead atoms. The number of halogens is 1. The predicted molar refractivity (Wildman–Crippen MR) is 70.7 cm³/mol. The van der Waals surface area contributed by atoms with Crippen LogP contribution in [-0.4, -0.2) is 12.5 Å². The summed E-state index contributed by atoms with van der Waals surface area (Å²) < 4.78 is 6.36. The molecule has 0 spiro atoms. The van der Waals surface area contributed by atoms with Gasteiger partial charge < -0.3 is 4.74 Å². The maximum absolute atomic E-state index is 11.3. The largest absolute Gasteiger partial charge is 0.492 e. The molecule has 17 heavy (non-hydrogen) atoms. The fourth-order valence-electron chi connectivity index (χ4n) is 1.25. The molecule has 1 rings (SSSR count). The van der Waals surface area contributed by atoms with Crippen LogP contribution in [0.3, 0.4) is 0 Å². The molecule has 0 saturated heterocycles. The van der Waals surface area contributed by atoms with Gasteiger partial charge in [-0.05, 0) is 46.5 Å². The van der Waals surface area contributed by atoms with Crippen molar-refractivity contribution in [1.29, 1.82) is 0 Å². The Hall–Kier alpha value is -1.07. The van der Waals surface area contributed by atoms with Crippen LogP contribution in [0.5, 0.6) is 5.75 Å². The maximum Gasteiger partial charge on any atom is 0.265 e. The number of benzene rings is 1. The summed E-state index contributed by atoms with van der Waals surface area (Å²) in [6.45, 7) is 4.96. The molecule has 4 nitrogen and oxygen atoms in total. The molecule has 0 saturated carbocycles. The third-order valence-corrected chi connectivity index (χ3v) is 2.90. The minimum Gasteiger partial charge on any atom is -0.492 e. The topological polar surface area (TPSA) is 64.3 Å². The Morgan fingerprint density at radius 2 is 2.24 bits per heavy atom. The normalized spacial score (nSPS) is 10.4. The smallest absolute Gasteiger partial charge is 0.265 e. The van der Waals surface area contributed by atoms with Gasteiger partial charge in [-0.3, -0.25) is 10.2 Å². The summed E-state index contributed by atoms with van der Waals surface area (Å²) in [7, 11) is 0. The molecular weight excluding hydrogens is 284 g/mol. The zero-order valence-corrected chi connectivity index (χ0v) is 11.6. The lowest BCUT2D eigenvalue weighted by atomic mass is 10.1. The molecule has 0 heterocycles. The lowest BCUT2D eigenvalue weighted by Crippen LogP contribution is -2.29. The van der Waals surface area contributed by atoms with Crippen molar-refractivity contribution in [2.45, 2.75) is 20.3 Å². The average Bonchev–Trinajstić information content (AvgIpc) is 2.29. The summed E-state index contributed by atoms with van der Waals surface area (Å²) in [4.78, 5) is 11.3. The number of hydrazine groups is 1. The van der Waals surface area contributed by atoms with E-state index < -0.39 is 0 Å². The first kappa shape index (κ1) is 14.0. The first-order valence-electron chi connectivity index (χ1n) is 5.48. The zero-order valence-electron chi connectivity index (χ0n) is 10.00. The standard InChI is InChI=1S/C12H17BrN2O2/c1-8(2)5-6-17-11-4-3-9(7-10(11)13)12(16)15-14/h3-4,7-8H,5-6,14H2,1-2H3,(H,15,16). The summed E-state index contributed by atoms with van der Waals surface area (Å²) in [5.41, 5.74) is 2.58. The molecule has 0 fully saturated rings. The Kier molecular flexibility index (Phi) is 5.44. The van der Waals surface area contributed by atoms with E-state index in [2.05, 4.69) is 35.2 Å². The monoisotopic (exact) mass is 300 g/mol. The van der Waals surface area contributed by atoms with Crippen LogP contribution in [0.4, 0.5) is 0 Å². The number of hydrogen-bond acceptors (Lipinski definition) is 3. The number of ether oxygens (including phenoxy) is 1. The molecular formula is C12H17BrN2O2. The molecule has 0 aliphatic heterocycles. The van der Waals surface area contributed by atoms with Gasteiger partial charge in [0.2, 0.25) is 0 Å². The molecule has 3 N–H and O–H groups in total. The van der Waals surface area contributed by atoms with E-state index in [9.17, 15) is 4.79 Å². The van der Waals surface area contributed by atoms with Gasteiger partial charge in [-0.2, -0.15) is 0 Å². The zero-order chi connectivity index (χ0) is 12.8. The fraction of sp³-hybridized carbons (Fsp3) is 0.417. The SMILES string of the molecule is CC(C)CCOc1ccc(C(=O)NN)cc1Br. The fourth-order valence-corrected chi connectivity index (χ4v) is 1.74. The van der Waals surface area contributed by atoms with Crippen molar-refractivity contribution in [2.75, 3.05) is 6.61 Å². The highest BCUT2D eigenvalue weighted by Crippen LogP contribution is 2.26. The van der Waals surface area contributed by atoms with Crippen molar-refractivity contribution in [2.24, 2.45) is 11.8 Å². The number of amides is 1. The lowest BCUT2D eigenvalue weighted by molar-refractivity contribution is 0.0953. The van der Waals surface area contributed by atoms with Crippen molar-refractivity contribution in [1.82, 2.24) is 5.43 Å². The van der Waals surface area contributed by atoms with Crippen LogP contribution in [0, 0.1) is 5.92 Å². The Labute approximate surface area is 110 Å².